The fourth-order valence-corrected chi connectivity index (χ4v) is 4.00. The minimum absolute atomic E-state index is 0.211. The number of aliphatic imine (C=N–C) groups is 1. The molecular weight excluding hydrogens is 389 g/mol. The van der Waals surface area contributed by atoms with Crippen LogP contribution in [0.3, 0.4) is 0 Å². The van der Waals surface area contributed by atoms with Gasteiger partial charge in [0.05, 0.1) is 11.4 Å². The van der Waals surface area contributed by atoms with Gasteiger partial charge in [0.2, 0.25) is 0 Å². The molecule has 2 aromatic rings. The number of nitrogens with one attached hydrogen (secondary N) is 2. The lowest BCUT2D eigenvalue weighted by atomic mass is 9.84. The fraction of sp³-hybridized carbons (Fsp3) is 0.409. The normalized spacial score (nSPS) is 12.7. The number of hydrogen-bond donors (Lipinski definition) is 2. The van der Waals surface area contributed by atoms with Gasteiger partial charge in [-0.2, -0.15) is 0 Å². The van der Waals surface area contributed by atoms with Crippen LogP contribution in [0, 0.1) is 12.7 Å². The Morgan fingerprint density at radius 2 is 1.76 bits per heavy atom. The molecule has 0 aromatic heterocycles. The van der Waals surface area contributed by atoms with Crippen LogP contribution in [0.5, 0.6) is 0 Å². The van der Waals surface area contributed by atoms with Crippen LogP contribution in [0.2, 0.25) is 0 Å². The van der Waals surface area contributed by atoms with E-state index in [1.165, 1.54) is 18.4 Å². The molecular formula is C22H30FN3O2S. The van der Waals surface area contributed by atoms with Gasteiger partial charge in [0.25, 0.3) is 0 Å². The molecule has 29 heavy (non-hydrogen) atoms. The van der Waals surface area contributed by atoms with Gasteiger partial charge in [0, 0.05) is 24.8 Å². The highest BCUT2D eigenvalue weighted by atomic mass is 32.2. The van der Waals surface area contributed by atoms with E-state index in [0.717, 1.165) is 23.2 Å². The van der Waals surface area contributed by atoms with E-state index < -0.39 is 9.84 Å². The maximum absolute atomic E-state index is 13.2. The fourth-order valence-electron chi connectivity index (χ4n) is 3.05. The molecule has 0 fully saturated rings. The third-order valence-corrected chi connectivity index (χ3v) is 5.98. The Labute approximate surface area is 173 Å². The number of guanidine groups is 1. The zero-order chi connectivity index (χ0) is 21.7. The predicted octanol–water partition coefficient (Wildman–Crippen LogP) is 3.57. The van der Waals surface area contributed by atoms with Gasteiger partial charge in [-0.15, -0.1) is 0 Å². The van der Waals surface area contributed by atoms with Crippen molar-refractivity contribution in [3.8, 4) is 0 Å². The molecule has 158 valence electrons. The van der Waals surface area contributed by atoms with Crippen LogP contribution < -0.4 is 10.6 Å². The van der Waals surface area contributed by atoms with Crippen molar-refractivity contribution in [1.82, 2.24) is 10.6 Å². The molecule has 0 saturated heterocycles. The lowest BCUT2D eigenvalue weighted by Gasteiger charge is -2.26. The van der Waals surface area contributed by atoms with Crippen LogP contribution >= 0.6 is 0 Å². The average Bonchev–Trinajstić information content (AvgIpc) is 2.63. The maximum atomic E-state index is 13.2. The number of benzene rings is 2. The van der Waals surface area contributed by atoms with Crippen molar-refractivity contribution >= 4 is 15.8 Å². The summed E-state index contributed by atoms with van der Waals surface area (Å²) in [5.41, 5.74) is 2.48. The number of aryl methyl sites for hydroxylation is 1. The highest BCUT2D eigenvalue weighted by Gasteiger charge is 2.21. The molecule has 0 amide bonds. The number of nitrogens with zero attached hydrogens (tertiary/aromatic N) is 1. The molecule has 0 aliphatic rings. The van der Waals surface area contributed by atoms with Gasteiger partial charge in [-0.05, 0) is 48.7 Å². The first-order valence-corrected chi connectivity index (χ1v) is 11.5. The summed E-state index contributed by atoms with van der Waals surface area (Å²) in [6.45, 7) is 9.72. The Bertz CT molecular complexity index is 968. The molecule has 0 spiro atoms. The molecule has 0 bridgehead atoms. The van der Waals surface area contributed by atoms with Crippen LogP contribution in [0.1, 0.15) is 37.5 Å². The van der Waals surface area contributed by atoms with Crippen LogP contribution in [-0.4, -0.2) is 33.7 Å². The SMILES string of the molecule is CCNC(=NCc1ccc(S(C)(=O)=O)c(C)c1)NCC(C)(C)c1ccc(F)cc1. The Hall–Kier alpha value is -2.41. The summed E-state index contributed by atoms with van der Waals surface area (Å²) in [6.07, 6.45) is 1.21. The van der Waals surface area contributed by atoms with Gasteiger partial charge >= 0.3 is 0 Å². The molecule has 5 nitrogen and oxygen atoms in total. The quantitative estimate of drug-likeness (QED) is 0.532. The summed E-state index contributed by atoms with van der Waals surface area (Å²) >= 11 is 0. The second-order valence-electron chi connectivity index (χ2n) is 7.81. The van der Waals surface area contributed by atoms with Crippen LogP contribution in [-0.2, 0) is 21.8 Å². The maximum Gasteiger partial charge on any atom is 0.191 e. The zero-order valence-corrected chi connectivity index (χ0v) is 18.5. The molecule has 2 aromatic carbocycles. The highest BCUT2D eigenvalue weighted by Crippen LogP contribution is 2.22. The number of halogens is 1. The van der Waals surface area contributed by atoms with Crippen molar-refractivity contribution in [2.24, 2.45) is 4.99 Å². The van der Waals surface area contributed by atoms with E-state index in [2.05, 4.69) is 29.5 Å². The third kappa shape index (κ3) is 6.56. The number of rotatable bonds is 7. The third-order valence-electron chi connectivity index (χ3n) is 4.73. The molecule has 0 unspecified atom stereocenters. The summed E-state index contributed by atoms with van der Waals surface area (Å²) < 4.78 is 36.7. The molecule has 2 N–H and O–H groups in total. The van der Waals surface area contributed by atoms with Crippen molar-refractivity contribution in [3.05, 3.63) is 65.0 Å². The first-order chi connectivity index (χ1) is 13.5. The van der Waals surface area contributed by atoms with Gasteiger partial charge in [-0.25, -0.2) is 17.8 Å². The van der Waals surface area contributed by atoms with E-state index in [1.54, 1.807) is 31.2 Å². The second kappa shape index (κ2) is 9.39. The lowest BCUT2D eigenvalue weighted by Crippen LogP contribution is -2.43. The minimum atomic E-state index is -3.23. The van der Waals surface area contributed by atoms with Crippen molar-refractivity contribution in [1.29, 1.82) is 0 Å². The average molecular weight is 420 g/mol. The topological polar surface area (TPSA) is 70.6 Å². The molecule has 0 aliphatic heterocycles. The van der Waals surface area contributed by atoms with Gasteiger partial charge in [-0.3, -0.25) is 0 Å². The van der Waals surface area contributed by atoms with Gasteiger partial charge in [0.15, 0.2) is 15.8 Å². The molecule has 7 heteroatoms. The predicted molar refractivity (Wildman–Crippen MR) is 117 cm³/mol. The van der Waals surface area contributed by atoms with Crippen LogP contribution in [0.25, 0.3) is 0 Å². The Morgan fingerprint density at radius 1 is 1.10 bits per heavy atom. The number of sulfone groups is 1. The molecule has 0 aliphatic carbocycles. The van der Waals surface area contributed by atoms with E-state index >= 15 is 0 Å². The summed E-state index contributed by atoms with van der Waals surface area (Å²) in [6, 6.07) is 11.8. The first kappa shape index (κ1) is 22.9. The lowest BCUT2D eigenvalue weighted by molar-refractivity contribution is 0.507. The first-order valence-electron chi connectivity index (χ1n) is 9.61. The second-order valence-corrected chi connectivity index (χ2v) is 9.80. The van der Waals surface area contributed by atoms with Gasteiger partial charge in [0.1, 0.15) is 5.82 Å². The summed E-state index contributed by atoms with van der Waals surface area (Å²) in [5.74, 6) is 0.428. The van der Waals surface area contributed by atoms with E-state index in [1.807, 2.05) is 13.0 Å². The smallest absolute Gasteiger partial charge is 0.191 e. The van der Waals surface area contributed by atoms with E-state index in [9.17, 15) is 12.8 Å². The monoisotopic (exact) mass is 419 g/mol. The highest BCUT2D eigenvalue weighted by molar-refractivity contribution is 7.90. The summed E-state index contributed by atoms with van der Waals surface area (Å²) in [4.78, 5) is 4.96. The molecule has 0 heterocycles. The van der Waals surface area contributed by atoms with Gasteiger partial charge in [-0.1, -0.05) is 38.1 Å². The Morgan fingerprint density at radius 3 is 2.31 bits per heavy atom. The standard InChI is InChI=1S/C22H30FN3O2S/c1-6-24-21(26-15-22(3,4)18-8-10-19(23)11-9-18)25-14-17-7-12-20(16(2)13-17)29(5,27)28/h7-13H,6,14-15H2,1-5H3,(H2,24,25,26). The van der Waals surface area contributed by atoms with E-state index in [0.29, 0.717) is 23.9 Å². The molecule has 0 radical (unpaired) electrons. The molecule has 0 saturated carbocycles. The Balaban J connectivity index is 2.10. The number of hydrogen-bond acceptors (Lipinski definition) is 3. The van der Waals surface area contributed by atoms with Crippen molar-refractivity contribution < 1.29 is 12.8 Å². The van der Waals surface area contributed by atoms with Crippen LogP contribution in [0.4, 0.5) is 4.39 Å². The van der Waals surface area contributed by atoms with Crippen molar-refractivity contribution in [2.75, 3.05) is 19.3 Å². The summed E-state index contributed by atoms with van der Waals surface area (Å²) in [7, 11) is -3.23. The van der Waals surface area contributed by atoms with Crippen molar-refractivity contribution in [3.63, 3.8) is 0 Å². The van der Waals surface area contributed by atoms with Crippen molar-refractivity contribution in [2.45, 2.75) is 44.6 Å². The molecule has 2 rings (SSSR count). The zero-order valence-electron chi connectivity index (χ0n) is 17.7. The Kier molecular flexibility index (Phi) is 7.41. The van der Waals surface area contributed by atoms with E-state index in [-0.39, 0.29) is 11.2 Å². The van der Waals surface area contributed by atoms with Gasteiger partial charge < -0.3 is 10.6 Å². The minimum Gasteiger partial charge on any atom is -0.357 e. The molecule has 0 atom stereocenters. The van der Waals surface area contributed by atoms with Crippen LogP contribution in [0.15, 0.2) is 52.4 Å². The summed E-state index contributed by atoms with van der Waals surface area (Å²) in [5, 5.41) is 6.56. The van der Waals surface area contributed by atoms with E-state index in [4.69, 9.17) is 0 Å². The largest absolute Gasteiger partial charge is 0.357 e.